The number of rotatable bonds is 11. The van der Waals surface area contributed by atoms with Crippen molar-refractivity contribution in [3.05, 3.63) is 35.4 Å². The number of ether oxygens (including phenoxy) is 1. The molecule has 1 unspecified atom stereocenters. The Kier molecular flexibility index (Phi) is 9.26. The molecular weight excluding hydrogens is 266 g/mol. The highest BCUT2D eigenvalue weighted by Crippen LogP contribution is 2.04. The molecule has 4 nitrogen and oxygen atoms in total. The lowest BCUT2D eigenvalue weighted by Gasteiger charge is -2.13. The molecule has 0 aliphatic rings. The van der Waals surface area contributed by atoms with Gasteiger partial charge in [0, 0.05) is 19.7 Å². The van der Waals surface area contributed by atoms with E-state index < -0.39 is 6.10 Å². The minimum Gasteiger partial charge on any atom is -0.392 e. The highest BCUT2D eigenvalue weighted by molar-refractivity contribution is 5.21. The third-order valence-corrected chi connectivity index (χ3v) is 3.30. The summed E-state index contributed by atoms with van der Waals surface area (Å²) < 4.78 is 5.46. The monoisotopic (exact) mass is 295 g/mol. The fourth-order valence-electron chi connectivity index (χ4n) is 2.02. The number of hydrogen-bond acceptors (Lipinski definition) is 4. The highest BCUT2D eigenvalue weighted by Gasteiger charge is 2.04. The summed E-state index contributed by atoms with van der Waals surface area (Å²) in [6.45, 7) is 6.80. The lowest BCUT2D eigenvalue weighted by atomic mass is 10.1. The average molecular weight is 295 g/mol. The number of hydrogen-bond donors (Lipinski definition) is 3. The van der Waals surface area contributed by atoms with Crippen molar-refractivity contribution in [2.75, 3.05) is 19.8 Å². The van der Waals surface area contributed by atoms with Crippen LogP contribution >= 0.6 is 0 Å². The maximum Gasteiger partial charge on any atom is 0.0897 e. The predicted molar refractivity (Wildman–Crippen MR) is 85.0 cm³/mol. The van der Waals surface area contributed by atoms with Gasteiger partial charge in [0.15, 0.2) is 0 Å². The van der Waals surface area contributed by atoms with Crippen LogP contribution in [-0.4, -0.2) is 36.1 Å². The average Bonchev–Trinajstić information content (AvgIpc) is 2.47. The summed E-state index contributed by atoms with van der Waals surface area (Å²) in [5.74, 6) is 0.706. The van der Waals surface area contributed by atoms with Crippen molar-refractivity contribution in [1.29, 1.82) is 0 Å². The van der Waals surface area contributed by atoms with Crippen molar-refractivity contribution in [3.8, 4) is 0 Å². The molecule has 0 amide bonds. The van der Waals surface area contributed by atoms with Crippen molar-refractivity contribution in [2.45, 2.75) is 45.9 Å². The SMILES string of the molecule is CC(C)CCCOCC(O)CNCc1ccc(CO)cc1. The fraction of sp³-hybridized carbons (Fsp3) is 0.647. The lowest BCUT2D eigenvalue weighted by Crippen LogP contribution is -2.30. The van der Waals surface area contributed by atoms with E-state index in [-0.39, 0.29) is 6.61 Å². The van der Waals surface area contributed by atoms with Gasteiger partial charge in [0.1, 0.15) is 0 Å². The molecule has 0 fully saturated rings. The molecule has 0 radical (unpaired) electrons. The quantitative estimate of drug-likeness (QED) is 0.547. The van der Waals surface area contributed by atoms with Crippen LogP contribution in [0.3, 0.4) is 0 Å². The zero-order valence-corrected chi connectivity index (χ0v) is 13.2. The van der Waals surface area contributed by atoms with Crippen molar-refractivity contribution in [3.63, 3.8) is 0 Å². The Morgan fingerprint density at radius 3 is 2.43 bits per heavy atom. The molecule has 0 aliphatic heterocycles. The first-order valence-corrected chi connectivity index (χ1v) is 7.77. The Balaban J connectivity index is 2.05. The molecule has 0 heterocycles. The first kappa shape index (κ1) is 18.1. The van der Waals surface area contributed by atoms with Crippen LogP contribution in [0.2, 0.25) is 0 Å². The molecule has 4 heteroatoms. The van der Waals surface area contributed by atoms with Crippen LogP contribution in [0.5, 0.6) is 0 Å². The molecule has 1 aromatic carbocycles. The molecule has 0 bridgehead atoms. The smallest absolute Gasteiger partial charge is 0.0897 e. The number of aliphatic hydroxyl groups excluding tert-OH is 2. The van der Waals surface area contributed by atoms with E-state index in [1.807, 2.05) is 24.3 Å². The molecule has 1 atom stereocenters. The first-order chi connectivity index (χ1) is 10.1. The zero-order chi connectivity index (χ0) is 15.5. The molecule has 0 spiro atoms. The minimum atomic E-state index is -0.472. The normalized spacial score (nSPS) is 12.8. The van der Waals surface area contributed by atoms with Gasteiger partial charge >= 0.3 is 0 Å². The summed E-state index contributed by atoms with van der Waals surface area (Å²) in [7, 11) is 0. The van der Waals surface area contributed by atoms with E-state index in [0.29, 0.717) is 25.6 Å². The molecule has 1 aromatic rings. The fourth-order valence-corrected chi connectivity index (χ4v) is 2.02. The molecule has 0 saturated carbocycles. The summed E-state index contributed by atoms with van der Waals surface area (Å²) in [6.07, 6.45) is 1.74. The van der Waals surface area contributed by atoms with Crippen LogP contribution in [0.15, 0.2) is 24.3 Å². The number of nitrogens with one attached hydrogen (secondary N) is 1. The third kappa shape index (κ3) is 8.83. The summed E-state index contributed by atoms with van der Waals surface area (Å²) >= 11 is 0. The third-order valence-electron chi connectivity index (χ3n) is 3.30. The Labute approximate surface area is 128 Å². The Morgan fingerprint density at radius 2 is 1.81 bits per heavy atom. The standard InChI is InChI=1S/C17H29NO3/c1-14(2)4-3-9-21-13-17(20)11-18-10-15-5-7-16(12-19)8-6-15/h5-8,14,17-20H,3-4,9-13H2,1-2H3. The van der Waals surface area contributed by atoms with Crippen molar-refractivity contribution in [1.82, 2.24) is 5.32 Å². The van der Waals surface area contributed by atoms with Gasteiger partial charge in [-0.05, 0) is 29.9 Å². The molecule has 21 heavy (non-hydrogen) atoms. The second kappa shape index (κ2) is 10.7. The van der Waals surface area contributed by atoms with Gasteiger partial charge in [-0.25, -0.2) is 0 Å². The van der Waals surface area contributed by atoms with Crippen molar-refractivity contribution >= 4 is 0 Å². The Hall–Kier alpha value is -0.940. The van der Waals surface area contributed by atoms with E-state index in [4.69, 9.17) is 9.84 Å². The van der Waals surface area contributed by atoms with E-state index in [1.165, 1.54) is 0 Å². The maximum absolute atomic E-state index is 9.80. The summed E-state index contributed by atoms with van der Waals surface area (Å²) in [6, 6.07) is 7.78. The van der Waals surface area contributed by atoms with E-state index in [0.717, 1.165) is 30.6 Å². The van der Waals surface area contributed by atoms with Gasteiger partial charge in [-0.1, -0.05) is 38.1 Å². The first-order valence-electron chi connectivity index (χ1n) is 7.77. The molecular formula is C17H29NO3. The van der Waals surface area contributed by atoms with Crippen molar-refractivity contribution in [2.24, 2.45) is 5.92 Å². The molecule has 0 aromatic heterocycles. The number of aliphatic hydroxyl groups is 2. The zero-order valence-electron chi connectivity index (χ0n) is 13.2. The summed E-state index contributed by atoms with van der Waals surface area (Å²) in [5.41, 5.74) is 2.05. The minimum absolute atomic E-state index is 0.0700. The Bertz CT molecular complexity index is 365. The van der Waals surface area contributed by atoms with Crippen LogP contribution in [0, 0.1) is 5.92 Å². The van der Waals surface area contributed by atoms with Crippen LogP contribution in [0.1, 0.15) is 37.8 Å². The topological polar surface area (TPSA) is 61.7 Å². The van der Waals surface area contributed by atoms with Crippen molar-refractivity contribution < 1.29 is 14.9 Å². The molecule has 120 valence electrons. The van der Waals surface area contributed by atoms with Gasteiger partial charge in [0.05, 0.1) is 19.3 Å². The predicted octanol–water partition coefficient (Wildman–Crippen LogP) is 2.08. The van der Waals surface area contributed by atoms with Crippen LogP contribution in [0.4, 0.5) is 0 Å². The Morgan fingerprint density at radius 1 is 1.14 bits per heavy atom. The van der Waals surface area contributed by atoms with Crippen LogP contribution < -0.4 is 5.32 Å². The van der Waals surface area contributed by atoms with Gasteiger partial charge < -0.3 is 20.3 Å². The van der Waals surface area contributed by atoms with Gasteiger partial charge in [-0.2, -0.15) is 0 Å². The van der Waals surface area contributed by atoms with E-state index in [9.17, 15) is 5.11 Å². The van der Waals surface area contributed by atoms with E-state index >= 15 is 0 Å². The van der Waals surface area contributed by atoms with E-state index in [1.54, 1.807) is 0 Å². The summed E-state index contributed by atoms with van der Waals surface area (Å²) in [4.78, 5) is 0. The van der Waals surface area contributed by atoms with Gasteiger partial charge in [0.25, 0.3) is 0 Å². The maximum atomic E-state index is 9.80. The second-order valence-electron chi connectivity index (χ2n) is 5.87. The van der Waals surface area contributed by atoms with Gasteiger partial charge in [0.2, 0.25) is 0 Å². The van der Waals surface area contributed by atoms with Gasteiger partial charge in [-0.15, -0.1) is 0 Å². The van der Waals surface area contributed by atoms with Crippen LogP contribution in [0.25, 0.3) is 0 Å². The van der Waals surface area contributed by atoms with E-state index in [2.05, 4.69) is 19.2 Å². The van der Waals surface area contributed by atoms with Gasteiger partial charge in [-0.3, -0.25) is 0 Å². The molecule has 3 N–H and O–H groups in total. The molecule has 1 rings (SSSR count). The summed E-state index contributed by atoms with van der Waals surface area (Å²) in [5, 5.41) is 22.0. The largest absolute Gasteiger partial charge is 0.392 e. The molecule has 0 saturated heterocycles. The second-order valence-corrected chi connectivity index (χ2v) is 5.87. The number of benzene rings is 1. The molecule has 0 aliphatic carbocycles. The highest BCUT2D eigenvalue weighted by atomic mass is 16.5. The van der Waals surface area contributed by atoms with Crippen LogP contribution in [-0.2, 0) is 17.9 Å². The lowest BCUT2D eigenvalue weighted by molar-refractivity contribution is 0.0346.